The van der Waals surface area contributed by atoms with E-state index >= 15 is 0 Å². The highest BCUT2D eigenvalue weighted by molar-refractivity contribution is 8.13. The number of rotatable bonds is 6. The van der Waals surface area contributed by atoms with Crippen LogP contribution in [0, 0.1) is 0 Å². The van der Waals surface area contributed by atoms with Crippen LogP contribution >= 0.6 is 11.8 Å². The molecule has 3 N–H and O–H groups in total. The van der Waals surface area contributed by atoms with Crippen molar-refractivity contribution in [1.82, 2.24) is 0 Å². The Morgan fingerprint density at radius 1 is 1.42 bits per heavy atom. The van der Waals surface area contributed by atoms with Crippen molar-refractivity contribution in [2.45, 2.75) is 25.6 Å². The fourth-order valence-corrected chi connectivity index (χ4v) is 2.28. The van der Waals surface area contributed by atoms with E-state index in [1.807, 2.05) is 0 Å². The third-order valence-corrected chi connectivity index (χ3v) is 3.47. The molecule has 1 rings (SSSR count). The highest BCUT2D eigenvalue weighted by Crippen LogP contribution is 2.31. The molecule has 19 heavy (non-hydrogen) atoms. The van der Waals surface area contributed by atoms with Crippen LogP contribution in [0.25, 0.3) is 0 Å². The number of phenolic OH excluding ortho intramolecular Hbond substituents is 1. The molecule has 0 saturated carbocycles. The summed E-state index contributed by atoms with van der Waals surface area (Å²) in [4.78, 5) is 10.8. The average molecular weight is 286 g/mol. The fourth-order valence-electron chi connectivity index (χ4n) is 1.63. The maximum atomic E-state index is 10.8. The minimum atomic E-state index is -1.12. The Labute approximate surface area is 116 Å². The summed E-state index contributed by atoms with van der Waals surface area (Å²) in [6.45, 7) is 1.45. The summed E-state index contributed by atoms with van der Waals surface area (Å²) in [7, 11) is 1.42. The van der Waals surface area contributed by atoms with Gasteiger partial charge in [0.05, 0.1) is 13.2 Å². The number of aliphatic hydroxyl groups excluding tert-OH is 2. The number of carbonyl (C=O) groups excluding carboxylic acids is 1. The van der Waals surface area contributed by atoms with Gasteiger partial charge in [-0.05, 0) is 18.6 Å². The van der Waals surface area contributed by atoms with E-state index in [0.717, 1.165) is 11.8 Å². The Hall–Kier alpha value is -1.24. The molecule has 0 radical (unpaired) electrons. The second-order valence-corrected chi connectivity index (χ2v) is 5.34. The number of aliphatic hydroxyl groups is 2. The molecule has 0 spiro atoms. The molecule has 6 heteroatoms. The maximum absolute atomic E-state index is 10.8. The van der Waals surface area contributed by atoms with Crippen molar-refractivity contribution in [3.05, 3.63) is 23.8 Å². The van der Waals surface area contributed by atoms with Gasteiger partial charge in [0.15, 0.2) is 5.12 Å². The van der Waals surface area contributed by atoms with E-state index in [1.165, 1.54) is 32.2 Å². The van der Waals surface area contributed by atoms with E-state index in [9.17, 15) is 20.1 Å². The van der Waals surface area contributed by atoms with Crippen LogP contribution in [0.2, 0.25) is 0 Å². The van der Waals surface area contributed by atoms with E-state index in [-0.39, 0.29) is 17.3 Å². The van der Waals surface area contributed by atoms with Crippen molar-refractivity contribution in [1.29, 1.82) is 0 Å². The Morgan fingerprint density at radius 3 is 2.68 bits per heavy atom. The minimum Gasteiger partial charge on any atom is -0.508 e. The topological polar surface area (TPSA) is 87.0 Å². The zero-order chi connectivity index (χ0) is 14.4. The lowest BCUT2D eigenvalue weighted by Crippen LogP contribution is -2.19. The molecule has 0 bridgehead atoms. The monoisotopic (exact) mass is 286 g/mol. The van der Waals surface area contributed by atoms with Gasteiger partial charge in [-0.3, -0.25) is 4.79 Å². The van der Waals surface area contributed by atoms with Gasteiger partial charge in [0.25, 0.3) is 0 Å². The molecule has 5 nitrogen and oxygen atoms in total. The first kappa shape index (κ1) is 15.8. The van der Waals surface area contributed by atoms with Crippen LogP contribution in [0.4, 0.5) is 0 Å². The number of benzene rings is 1. The van der Waals surface area contributed by atoms with Gasteiger partial charge in [-0.1, -0.05) is 11.8 Å². The Balaban J connectivity index is 2.70. The summed E-state index contributed by atoms with van der Waals surface area (Å²) in [6.07, 6.45) is -1.83. The van der Waals surface area contributed by atoms with Gasteiger partial charge in [0.2, 0.25) is 0 Å². The van der Waals surface area contributed by atoms with Crippen molar-refractivity contribution in [2.24, 2.45) is 0 Å². The largest absolute Gasteiger partial charge is 0.508 e. The first-order chi connectivity index (χ1) is 8.95. The molecule has 0 aromatic heterocycles. The number of hydrogen-bond donors (Lipinski definition) is 3. The van der Waals surface area contributed by atoms with Crippen LogP contribution in [-0.2, 0) is 4.79 Å². The van der Waals surface area contributed by atoms with E-state index in [0.29, 0.717) is 17.1 Å². The summed E-state index contributed by atoms with van der Waals surface area (Å²) >= 11 is 1.10. The molecule has 0 saturated heterocycles. The van der Waals surface area contributed by atoms with Gasteiger partial charge >= 0.3 is 0 Å². The first-order valence-electron chi connectivity index (χ1n) is 5.82. The van der Waals surface area contributed by atoms with E-state index < -0.39 is 12.2 Å². The highest BCUT2D eigenvalue weighted by atomic mass is 32.2. The molecule has 0 fully saturated rings. The number of methoxy groups -OCH3 is 1. The number of carbonyl (C=O) groups is 1. The van der Waals surface area contributed by atoms with Crippen LogP contribution in [-0.4, -0.2) is 39.4 Å². The normalized spacial score (nSPS) is 13.9. The molecular weight excluding hydrogens is 268 g/mol. The molecule has 106 valence electrons. The highest BCUT2D eigenvalue weighted by Gasteiger charge is 2.22. The van der Waals surface area contributed by atoms with Crippen LogP contribution in [0.3, 0.4) is 0 Å². The number of aromatic hydroxyl groups is 1. The van der Waals surface area contributed by atoms with Gasteiger partial charge in [0.1, 0.15) is 17.6 Å². The van der Waals surface area contributed by atoms with Crippen molar-refractivity contribution in [2.75, 3.05) is 12.9 Å². The van der Waals surface area contributed by atoms with Gasteiger partial charge in [0, 0.05) is 24.3 Å². The summed E-state index contributed by atoms with van der Waals surface area (Å²) in [6, 6.07) is 4.29. The molecule has 1 aromatic carbocycles. The third kappa shape index (κ3) is 4.74. The predicted octanol–water partition coefficient (Wildman–Crippen LogP) is 1.46. The molecule has 0 amide bonds. The summed E-state index contributed by atoms with van der Waals surface area (Å²) in [5, 5.41) is 29.2. The Morgan fingerprint density at radius 2 is 2.11 bits per heavy atom. The Bertz CT molecular complexity index is 435. The van der Waals surface area contributed by atoms with Crippen LogP contribution in [0.1, 0.15) is 25.0 Å². The second kappa shape index (κ2) is 7.37. The van der Waals surface area contributed by atoms with Crippen molar-refractivity contribution < 1.29 is 24.9 Å². The maximum Gasteiger partial charge on any atom is 0.185 e. The van der Waals surface area contributed by atoms with Gasteiger partial charge in [-0.2, -0.15) is 0 Å². The van der Waals surface area contributed by atoms with Crippen molar-refractivity contribution >= 4 is 16.9 Å². The standard InChI is InChI=1S/C13H18O5S/c1-8(14)19-6-5-11(16)13(17)10-4-3-9(15)7-12(10)18-2/h3-4,7,11,13,15-17H,5-6H2,1-2H3. The minimum absolute atomic E-state index is 0.0226. The van der Waals surface area contributed by atoms with Crippen molar-refractivity contribution in [3.63, 3.8) is 0 Å². The smallest absolute Gasteiger partial charge is 0.185 e. The van der Waals surface area contributed by atoms with Gasteiger partial charge < -0.3 is 20.1 Å². The molecular formula is C13H18O5S. The van der Waals surface area contributed by atoms with Gasteiger partial charge in [-0.25, -0.2) is 0 Å². The molecule has 0 aliphatic carbocycles. The van der Waals surface area contributed by atoms with Gasteiger partial charge in [-0.15, -0.1) is 0 Å². The van der Waals surface area contributed by atoms with Crippen LogP contribution < -0.4 is 4.74 Å². The number of hydrogen-bond acceptors (Lipinski definition) is 6. The fraction of sp³-hybridized carbons (Fsp3) is 0.462. The SMILES string of the molecule is COc1cc(O)ccc1C(O)C(O)CCSC(C)=O. The lowest BCUT2D eigenvalue weighted by atomic mass is 10.0. The lowest BCUT2D eigenvalue weighted by Gasteiger charge is -2.20. The number of phenols is 1. The summed E-state index contributed by atoms with van der Waals surface area (Å²) in [5.41, 5.74) is 0.403. The van der Waals surface area contributed by atoms with Crippen LogP contribution in [0.15, 0.2) is 18.2 Å². The molecule has 2 atom stereocenters. The van der Waals surface area contributed by atoms with E-state index in [4.69, 9.17) is 4.74 Å². The lowest BCUT2D eigenvalue weighted by molar-refractivity contribution is -0.109. The molecule has 0 aliphatic heterocycles. The van der Waals surface area contributed by atoms with E-state index in [2.05, 4.69) is 0 Å². The molecule has 2 unspecified atom stereocenters. The number of ether oxygens (including phenoxy) is 1. The zero-order valence-corrected chi connectivity index (χ0v) is 11.7. The average Bonchev–Trinajstić information content (AvgIpc) is 2.37. The molecule has 0 aliphatic rings. The number of thioether (sulfide) groups is 1. The molecule has 0 heterocycles. The third-order valence-electron chi connectivity index (χ3n) is 2.62. The van der Waals surface area contributed by atoms with Crippen molar-refractivity contribution in [3.8, 4) is 11.5 Å². The summed E-state index contributed by atoms with van der Waals surface area (Å²) in [5.74, 6) is 0.772. The second-order valence-electron chi connectivity index (χ2n) is 4.07. The predicted molar refractivity (Wildman–Crippen MR) is 73.4 cm³/mol. The summed E-state index contributed by atoms with van der Waals surface area (Å²) < 4.78 is 5.05. The quantitative estimate of drug-likeness (QED) is 0.734. The molecule has 1 aromatic rings. The first-order valence-corrected chi connectivity index (χ1v) is 6.80. The Kier molecular flexibility index (Phi) is 6.14. The zero-order valence-electron chi connectivity index (χ0n) is 10.9. The van der Waals surface area contributed by atoms with Crippen LogP contribution in [0.5, 0.6) is 11.5 Å². The van der Waals surface area contributed by atoms with E-state index in [1.54, 1.807) is 0 Å².